The highest BCUT2D eigenvalue weighted by Gasteiger charge is 2.23. The molecule has 0 aliphatic carbocycles. The zero-order valence-electron chi connectivity index (χ0n) is 14.9. The summed E-state index contributed by atoms with van der Waals surface area (Å²) in [6.45, 7) is 3.29. The fourth-order valence-electron chi connectivity index (χ4n) is 3.22. The molecule has 2 aromatic rings. The molecule has 1 aliphatic heterocycles. The van der Waals surface area contributed by atoms with Crippen LogP contribution in [-0.2, 0) is 6.42 Å². The van der Waals surface area contributed by atoms with Crippen molar-refractivity contribution in [3.05, 3.63) is 71.3 Å². The zero-order valence-corrected chi connectivity index (χ0v) is 16.5. The van der Waals surface area contributed by atoms with Gasteiger partial charge in [-0.15, -0.1) is 24.8 Å². The van der Waals surface area contributed by atoms with Crippen molar-refractivity contribution in [2.24, 2.45) is 0 Å². The lowest BCUT2D eigenvalue weighted by atomic mass is 10.0. The molecule has 1 aliphatic rings. The summed E-state index contributed by atoms with van der Waals surface area (Å²) in [5.74, 6) is -0.538. The van der Waals surface area contributed by atoms with Crippen molar-refractivity contribution in [2.75, 3.05) is 26.2 Å². The predicted molar refractivity (Wildman–Crippen MR) is 108 cm³/mol. The molecule has 0 radical (unpaired) electrons. The molecule has 7 heteroatoms. The van der Waals surface area contributed by atoms with Crippen molar-refractivity contribution >= 4 is 30.6 Å². The van der Waals surface area contributed by atoms with Gasteiger partial charge in [0.05, 0.1) is 0 Å². The van der Waals surface area contributed by atoms with Crippen molar-refractivity contribution < 1.29 is 13.6 Å². The topological polar surface area (TPSA) is 32.3 Å². The Hall–Kier alpha value is -1.53. The molecule has 0 spiro atoms. The number of nitrogens with zero attached hydrogens (tertiary/aromatic N) is 1. The van der Waals surface area contributed by atoms with Crippen LogP contribution in [0.2, 0.25) is 0 Å². The molecule has 148 valence electrons. The Balaban J connectivity index is 0.00000182. The smallest absolute Gasteiger partial charge is 0.164 e. The SMILES string of the molecule is Cl.Cl.O=C(CCN1CCNCC1Cc1ccc(F)cc1)c1ccc(F)cc1. The average molecular weight is 417 g/mol. The van der Waals surface area contributed by atoms with Gasteiger partial charge in [0.25, 0.3) is 0 Å². The van der Waals surface area contributed by atoms with Crippen LogP contribution in [0.3, 0.4) is 0 Å². The normalized spacial score (nSPS) is 16.9. The number of hydrogen-bond acceptors (Lipinski definition) is 3. The van der Waals surface area contributed by atoms with E-state index in [0.29, 0.717) is 18.5 Å². The Morgan fingerprint density at radius 2 is 1.59 bits per heavy atom. The molecular formula is C20H24Cl2F2N2O. The van der Waals surface area contributed by atoms with Crippen LogP contribution in [0, 0.1) is 11.6 Å². The third-order valence-corrected chi connectivity index (χ3v) is 4.65. The first kappa shape index (κ1) is 23.5. The van der Waals surface area contributed by atoms with Crippen molar-refractivity contribution in [2.45, 2.75) is 18.9 Å². The van der Waals surface area contributed by atoms with Gasteiger partial charge in [-0.3, -0.25) is 9.69 Å². The number of carbonyl (C=O) groups is 1. The average Bonchev–Trinajstić information content (AvgIpc) is 2.63. The molecule has 2 aromatic carbocycles. The van der Waals surface area contributed by atoms with Crippen LogP contribution in [-0.4, -0.2) is 42.9 Å². The first-order valence-electron chi connectivity index (χ1n) is 8.60. The van der Waals surface area contributed by atoms with Gasteiger partial charge in [-0.1, -0.05) is 12.1 Å². The maximum absolute atomic E-state index is 13.1. The molecule has 1 heterocycles. The first-order chi connectivity index (χ1) is 12.1. The highest BCUT2D eigenvalue weighted by Crippen LogP contribution is 2.14. The minimum absolute atomic E-state index is 0. The summed E-state index contributed by atoms with van der Waals surface area (Å²) in [4.78, 5) is 14.6. The fourth-order valence-corrected chi connectivity index (χ4v) is 3.22. The van der Waals surface area contributed by atoms with Gasteiger partial charge in [-0.2, -0.15) is 0 Å². The lowest BCUT2D eigenvalue weighted by molar-refractivity contribution is 0.0935. The minimum Gasteiger partial charge on any atom is -0.314 e. The van der Waals surface area contributed by atoms with Crippen LogP contribution in [0.4, 0.5) is 8.78 Å². The maximum Gasteiger partial charge on any atom is 0.164 e. The van der Waals surface area contributed by atoms with E-state index in [1.807, 2.05) is 12.1 Å². The van der Waals surface area contributed by atoms with Crippen molar-refractivity contribution in [3.63, 3.8) is 0 Å². The molecule has 3 nitrogen and oxygen atoms in total. The van der Waals surface area contributed by atoms with Crippen LogP contribution >= 0.6 is 24.8 Å². The van der Waals surface area contributed by atoms with Gasteiger partial charge in [0.2, 0.25) is 0 Å². The number of halogens is 4. The monoisotopic (exact) mass is 416 g/mol. The Kier molecular flexibility index (Phi) is 9.88. The number of Topliss-reactive ketones (excluding diaryl/α,β-unsaturated/α-hetero) is 1. The van der Waals surface area contributed by atoms with E-state index in [2.05, 4.69) is 10.2 Å². The summed E-state index contributed by atoms with van der Waals surface area (Å²) in [6, 6.07) is 12.6. The van der Waals surface area contributed by atoms with Crippen LogP contribution in [0.15, 0.2) is 48.5 Å². The van der Waals surface area contributed by atoms with E-state index in [1.54, 1.807) is 0 Å². The summed E-state index contributed by atoms with van der Waals surface area (Å²) >= 11 is 0. The van der Waals surface area contributed by atoms with Gasteiger partial charge in [0.15, 0.2) is 5.78 Å². The first-order valence-corrected chi connectivity index (χ1v) is 8.60. The van der Waals surface area contributed by atoms with E-state index in [4.69, 9.17) is 0 Å². The lowest BCUT2D eigenvalue weighted by Crippen LogP contribution is -2.52. The van der Waals surface area contributed by atoms with Crippen molar-refractivity contribution in [1.29, 1.82) is 0 Å². The molecular weight excluding hydrogens is 393 g/mol. The summed E-state index contributed by atoms with van der Waals surface area (Å²) in [5, 5.41) is 3.38. The van der Waals surface area contributed by atoms with Gasteiger partial charge < -0.3 is 5.32 Å². The van der Waals surface area contributed by atoms with Crippen molar-refractivity contribution in [1.82, 2.24) is 10.2 Å². The Labute approximate surface area is 171 Å². The standard InChI is InChI=1S/C20H22F2N2O.2ClH/c21-17-5-1-15(2-6-17)13-19-14-23-10-12-24(19)11-9-20(25)16-3-7-18(22)8-4-16;;/h1-8,19,23H,9-14H2;2*1H. The molecule has 1 fully saturated rings. The molecule has 3 rings (SSSR count). The zero-order chi connectivity index (χ0) is 17.6. The molecule has 1 atom stereocenters. The van der Waals surface area contributed by atoms with Crippen LogP contribution in [0.1, 0.15) is 22.3 Å². The molecule has 27 heavy (non-hydrogen) atoms. The van der Waals surface area contributed by atoms with Crippen LogP contribution < -0.4 is 5.32 Å². The van der Waals surface area contributed by atoms with E-state index < -0.39 is 0 Å². The predicted octanol–water partition coefficient (Wildman–Crippen LogP) is 3.90. The van der Waals surface area contributed by atoms with E-state index in [1.165, 1.54) is 36.4 Å². The summed E-state index contributed by atoms with van der Waals surface area (Å²) in [6.07, 6.45) is 1.23. The number of ketones is 1. The van der Waals surface area contributed by atoms with Gasteiger partial charge in [-0.05, 0) is 48.4 Å². The number of carbonyl (C=O) groups excluding carboxylic acids is 1. The second-order valence-corrected chi connectivity index (χ2v) is 6.40. The fraction of sp³-hybridized carbons (Fsp3) is 0.350. The number of nitrogens with one attached hydrogen (secondary N) is 1. The lowest BCUT2D eigenvalue weighted by Gasteiger charge is -2.36. The molecule has 0 aromatic heterocycles. The molecule has 1 unspecified atom stereocenters. The minimum atomic E-state index is -0.335. The Morgan fingerprint density at radius 1 is 1.00 bits per heavy atom. The van der Waals surface area contributed by atoms with Crippen molar-refractivity contribution in [3.8, 4) is 0 Å². The summed E-state index contributed by atoms with van der Waals surface area (Å²) in [7, 11) is 0. The van der Waals surface area contributed by atoms with Crippen LogP contribution in [0.25, 0.3) is 0 Å². The molecule has 0 amide bonds. The number of piperazine rings is 1. The second kappa shape index (κ2) is 11.3. The van der Waals surface area contributed by atoms with Gasteiger partial charge >= 0.3 is 0 Å². The van der Waals surface area contributed by atoms with E-state index in [9.17, 15) is 13.6 Å². The molecule has 1 saturated heterocycles. The van der Waals surface area contributed by atoms with E-state index >= 15 is 0 Å². The molecule has 0 bridgehead atoms. The quantitative estimate of drug-likeness (QED) is 0.724. The highest BCUT2D eigenvalue weighted by atomic mass is 35.5. The maximum atomic E-state index is 13.1. The van der Waals surface area contributed by atoms with E-state index in [0.717, 1.165) is 31.6 Å². The van der Waals surface area contributed by atoms with Gasteiger partial charge in [0, 0.05) is 44.2 Å². The highest BCUT2D eigenvalue weighted by molar-refractivity contribution is 5.96. The second-order valence-electron chi connectivity index (χ2n) is 6.40. The van der Waals surface area contributed by atoms with Gasteiger partial charge in [-0.25, -0.2) is 8.78 Å². The summed E-state index contributed by atoms with van der Waals surface area (Å²) in [5.41, 5.74) is 1.64. The summed E-state index contributed by atoms with van der Waals surface area (Å²) < 4.78 is 26.0. The van der Waals surface area contributed by atoms with Gasteiger partial charge in [0.1, 0.15) is 11.6 Å². The number of hydrogen-bond donors (Lipinski definition) is 1. The Bertz CT molecular complexity index is 711. The van der Waals surface area contributed by atoms with Crippen LogP contribution in [0.5, 0.6) is 0 Å². The third kappa shape index (κ3) is 6.85. The molecule has 1 N–H and O–H groups in total. The molecule has 0 saturated carbocycles. The third-order valence-electron chi connectivity index (χ3n) is 4.65. The number of benzene rings is 2. The Morgan fingerprint density at radius 3 is 2.22 bits per heavy atom. The largest absolute Gasteiger partial charge is 0.314 e. The number of rotatable bonds is 6. The van der Waals surface area contributed by atoms with E-state index in [-0.39, 0.29) is 48.3 Å².